The molecule has 2 amide bonds. The summed E-state index contributed by atoms with van der Waals surface area (Å²) in [6, 6.07) is 2.70. The zero-order chi connectivity index (χ0) is 12.1. The van der Waals surface area contributed by atoms with Crippen molar-refractivity contribution in [2.24, 2.45) is 5.73 Å². The molecule has 6 heteroatoms. The Morgan fingerprint density at radius 2 is 2.31 bits per heavy atom. The van der Waals surface area contributed by atoms with E-state index in [1.807, 2.05) is 0 Å². The number of carbonyl (C=O) groups excluding carboxylic acids is 2. The Balaban J connectivity index is 2.62. The first-order chi connectivity index (χ1) is 7.49. The maximum atomic E-state index is 11.6. The molecule has 1 aromatic rings. The minimum atomic E-state index is -0.466. The fourth-order valence-electron chi connectivity index (χ4n) is 1.18. The van der Waals surface area contributed by atoms with Crippen LogP contribution < -0.4 is 11.1 Å². The Labute approximate surface area is 98.0 Å². The fraction of sp³-hybridized carbons (Fsp3) is 0.300. The molecule has 86 valence electrons. The lowest BCUT2D eigenvalue weighted by Crippen LogP contribution is -2.36. The number of rotatable bonds is 4. The zero-order valence-corrected chi connectivity index (χ0v) is 9.49. The lowest BCUT2D eigenvalue weighted by molar-refractivity contribution is -0.118. The van der Waals surface area contributed by atoms with Gasteiger partial charge in [-0.3, -0.25) is 14.6 Å². The van der Waals surface area contributed by atoms with Crippen molar-refractivity contribution in [3.63, 3.8) is 0 Å². The van der Waals surface area contributed by atoms with E-state index in [1.165, 1.54) is 12.3 Å². The number of primary amides is 1. The number of nitrogens with one attached hydrogen (secondary N) is 1. The van der Waals surface area contributed by atoms with Crippen molar-refractivity contribution < 1.29 is 9.59 Å². The monoisotopic (exact) mass is 241 g/mol. The number of hydrogen-bond donors (Lipinski definition) is 2. The second kappa shape index (κ2) is 5.46. The van der Waals surface area contributed by atoms with Gasteiger partial charge in [0, 0.05) is 23.7 Å². The average Bonchev–Trinajstić information content (AvgIpc) is 2.16. The van der Waals surface area contributed by atoms with Crippen LogP contribution in [0, 0.1) is 0 Å². The van der Waals surface area contributed by atoms with Crippen LogP contribution in [0.2, 0.25) is 5.02 Å². The number of pyridine rings is 1. The molecule has 0 saturated carbocycles. The number of nitrogens with two attached hydrogens (primary N) is 1. The van der Waals surface area contributed by atoms with E-state index in [9.17, 15) is 9.59 Å². The standard InChI is InChI=1S/C10H12ClN3O2/c1-6(4-9(12)15)14-10(16)8-5-7(11)2-3-13-8/h2-3,5-6H,4H2,1H3,(H2,12,15)(H,14,16). The first kappa shape index (κ1) is 12.4. The van der Waals surface area contributed by atoms with E-state index >= 15 is 0 Å². The summed E-state index contributed by atoms with van der Waals surface area (Å²) in [4.78, 5) is 26.1. The van der Waals surface area contributed by atoms with Gasteiger partial charge < -0.3 is 11.1 Å². The molecule has 0 radical (unpaired) electrons. The fourth-order valence-corrected chi connectivity index (χ4v) is 1.34. The number of nitrogens with zero attached hydrogens (tertiary/aromatic N) is 1. The van der Waals surface area contributed by atoms with Gasteiger partial charge in [0.05, 0.1) is 0 Å². The van der Waals surface area contributed by atoms with Crippen molar-refractivity contribution in [1.82, 2.24) is 10.3 Å². The number of halogens is 1. The van der Waals surface area contributed by atoms with Gasteiger partial charge in [0.2, 0.25) is 5.91 Å². The van der Waals surface area contributed by atoms with Gasteiger partial charge >= 0.3 is 0 Å². The lowest BCUT2D eigenvalue weighted by Gasteiger charge is -2.11. The third-order valence-electron chi connectivity index (χ3n) is 1.84. The molecule has 0 aliphatic carbocycles. The van der Waals surface area contributed by atoms with Crippen LogP contribution in [0.25, 0.3) is 0 Å². The van der Waals surface area contributed by atoms with Crippen molar-refractivity contribution in [3.05, 3.63) is 29.0 Å². The smallest absolute Gasteiger partial charge is 0.270 e. The van der Waals surface area contributed by atoms with E-state index in [0.29, 0.717) is 5.02 Å². The molecule has 1 unspecified atom stereocenters. The Bertz CT molecular complexity index is 409. The van der Waals surface area contributed by atoms with E-state index in [4.69, 9.17) is 17.3 Å². The summed E-state index contributed by atoms with van der Waals surface area (Å²) in [5.41, 5.74) is 5.22. The van der Waals surface area contributed by atoms with Crippen LogP contribution in [-0.2, 0) is 4.79 Å². The Morgan fingerprint density at radius 3 is 2.88 bits per heavy atom. The van der Waals surface area contributed by atoms with Gasteiger partial charge in [-0.2, -0.15) is 0 Å². The SMILES string of the molecule is CC(CC(N)=O)NC(=O)c1cc(Cl)ccn1. The normalized spacial score (nSPS) is 11.9. The molecule has 0 saturated heterocycles. The predicted octanol–water partition coefficient (Wildman–Crippen LogP) is 0.729. The van der Waals surface area contributed by atoms with Gasteiger partial charge in [-0.25, -0.2) is 0 Å². The second-order valence-electron chi connectivity index (χ2n) is 3.40. The highest BCUT2D eigenvalue weighted by Crippen LogP contribution is 2.08. The van der Waals surface area contributed by atoms with Gasteiger partial charge in [-0.15, -0.1) is 0 Å². The molecular weight excluding hydrogens is 230 g/mol. The third-order valence-corrected chi connectivity index (χ3v) is 2.07. The first-order valence-corrected chi connectivity index (χ1v) is 5.07. The molecule has 3 N–H and O–H groups in total. The largest absolute Gasteiger partial charge is 0.370 e. The highest BCUT2D eigenvalue weighted by atomic mass is 35.5. The first-order valence-electron chi connectivity index (χ1n) is 4.69. The Morgan fingerprint density at radius 1 is 1.62 bits per heavy atom. The van der Waals surface area contributed by atoms with Crippen LogP contribution in [0.3, 0.4) is 0 Å². The van der Waals surface area contributed by atoms with Crippen LogP contribution in [0.5, 0.6) is 0 Å². The molecule has 0 spiro atoms. The number of aromatic nitrogens is 1. The van der Waals surface area contributed by atoms with E-state index in [2.05, 4.69) is 10.3 Å². The van der Waals surface area contributed by atoms with Crippen molar-refractivity contribution in [3.8, 4) is 0 Å². The highest BCUT2D eigenvalue weighted by Gasteiger charge is 2.12. The van der Waals surface area contributed by atoms with Crippen molar-refractivity contribution >= 4 is 23.4 Å². The predicted molar refractivity (Wildman–Crippen MR) is 60.0 cm³/mol. The topological polar surface area (TPSA) is 85.1 Å². The van der Waals surface area contributed by atoms with Crippen LogP contribution in [0.15, 0.2) is 18.3 Å². The minimum Gasteiger partial charge on any atom is -0.370 e. The summed E-state index contributed by atoms with van der Waals surface area (Å²) >= 11 is 5.72. The summed E-state index contributed by atoms with van der Waals surface area (Å²) in [6.45, 7) is 1.69. The molecular formula is C10H12ClN3O2. The van der Waals surface area contributed by atoms with Crippen LogP contribution in [0.4, 0.5) is 0 Å². The summed E-state index contributed by atoms with van der Waals surface area (Å²) in [7, 11) is 0. The van der Waals surface area contributed by atoms with Gasteiger partial charge in [0.25, 0.3) is 5.91 Å². The van der Waals surface area contributed by atoms with Crippen LogP contribution in [-0.4, -0.2) is 22.8 Å². The van der Waals surface area contributed by atoms with Crippen molar-refractivity contribution in [2.45, 2.75) is 19.4 Å². The lowest BCUT2D eigenvalue weighted by atomic mass is 10.2. The molecule has 0 aliphatic heterocycles. The molecule has 0 aromatic carbocycles. The van der Waals surface area contributed by atoms with Gasteiger partial charge in [-0.1, -0.05) is 11.6 Å². The molecule has 16 heavy (non-hydrogen) atoms. The third kappa shape index (κ3) is 3.86. The molecule has 5 nitrogen and oxygen atoms in total. The van der Waals surface area contributed by atoms with Gasteiger partial charge in [0.15, 0.2) is 0 Å². The maximum Gasteiger partial charge on any atom is 0.270 e. The molecule has 0 aliphatic rings. The molecule has 0 fully saturated rings. The molecule has 1 rings (SSSR count). The van der Waals surface area contributed by atoms with Crippen LogP contribution >= 0.6 is 11.6 Å². The molecule has 1 aromatic heterocycles. The average molecular weight is 242 g/mol. The number of hydrogen-bond acceptors (Lipinski definition) is 3. The summed E-state index contributed by atoms with van der Waals surface area (Å²) in [5.74, 6) is -0.844. The molecule has 1 atom stereocenters. The van der Waals surface area contributed by atoms with E-state index < -0.39 is 5.91 Å². The summed E-state index contributed by atoms with van der Waals surface area (Å²) < 4.78 is 0. The summed E-state index contributed by atoms with van der Waals surface area (Å²) in [5, 5.41) is 3.03. The van der Waals surface area contributed by atoms with Crippen molar-refractivity contribution in [2.75, 3.05) is 0 Å². The Hall–Kier alpha value is -1.62. The highest BCUT2D eigenvalue weighted by molar-refractivity contribution is 6.30. The minimum absolute atomic E-state index is 0.0896. The van der Waals surface area contributed by atoms with Crippen LogP contribution in [0.1, 0.15) is 23.8 Å². The zero-order valence-electron chi connectivity index (χ0n) is 8.74. The van der Waals surface area contributed by atoms with E-state index in [0.717, 1.165) is 0 Å². The molecule has 0 bridgehead atoms. The second-order valence-corrected chi connectivity index (χ2v) is 3.84. The van der Waals surface area contributed by atoms with E-state index in [1.54, 1.807) is 13.0 Å². The van der Waals surface area contributed by atoms with Crippen molar-refractivity contribution in [1.29, 1.82) is 0 Å². The number of carbonyl (C=O) groups is 2. The molecule has 1 heterocycles. The van der Waals surface area contributed by atoms with Gasteiger partial charge in [0.1, 0.15) is 5.69 Å². The quantitative estimate of drug-likeness (QED) is 0.815. The number of amides is 2. The van der Waals surface area contributed by atoms with E-state index in [-0.39, 0.29) is 24.1 Å². The summed E-state index contributed by atoms with van der Waals surface area (Å²) in [6.07, 6.45) is 1.53. The van der Waals surface area contributed by atoms with Gasteiger partial charge in [-0.05, 0) is 19.1 Å². The Kier molecular flexibility index (Phi) is 4.25. The maximum absolute atomic E-state index is 11.6.